The van der Waals surface area contributed by atoms with Crippen LogP contribution in [0.1, 0.15) is 32.6 Å². The molecule has 2 unspecified atom stereocenters. The Hall–Kier alpha value is -0.220. The molecule has 92 valence electrons. The molecule has 3 nitrogen and oxygen atoms in total. The van der Waals surface area contributed by atoms with Crippen molar-refractivity contribution in [3.8, 4) is 0 Å². The molecule has 0 saturated carbocycles. The summed E-state index contributed by atoms with van der Waals surface area (Å²) >= 11 is 1.83. The maximum Gasteiger partial charge on any atom is 0.240 e. The molecule has 2 aliphatic heterocycles. The number of nitrogens with zero attached hydrogens (tertiary/aromatic N) is 1. The fourth-order valence-electron chi connectivity index (χ4n) is 2.68. The predicted molar refractivity (Wildman–Crippen MR) is 68.5 cm³/mol. The smallest absolute Gasteiger partial charge is 0.240 e. The van der Waals surface area contributed by atoms with Crippen LogP contribution in [-0.4, -0.2) is 41.6 Å². The van der Waals surface area contributed by atoms with Gasteiger partial charge in [-0.25, -0.2) is 0 Å². The van der Waals surface area contributed by atoms with E-state index in [-0.39, 0.29) is 6.04 Å². The fourth-order valence-corrected chi connectivity index (χ4v) is 3.62. The molecule has 0 radical (unpaired) electrons. The third-order valence-electron chi connectivity index (χ3n) is 3.54. The number of thioether (sulfide) groups is 1. The van der Waals surface area contributed by atoms with Crippen LogP contribution >= 0.6 is 11.8 Å². The number of amides is 1. The van der Waals surface area contributed by atoms with E-state index in [0.29, 0.717) is 5.91 Å². The minimum Gasteiger partial charge on any atom is -0.341 e. The highest BCUT2D eigenvalue weighted by Gasteiger charge is 2.30. The van der Waals surface area contributed by atoms with Gasteiger partial charge in [-0.2, -0.15) is 0 Å². The van der Waals surface area contributed by atoms with E-state index in [0.717, 1.165) is 30.6 Å². The minimum atomic E-state index is 0.0883. The summed E-state index contributed by atoms with van der Waals surface area (Å²) in [5.74, 6) is 2.97. The number of piperidine rings is 1. The first-order valence-corrected chi connectivity index (χ1v) is 7.56. The van der Waals surface area contributed by atoms with E-state index in [9.17, 15) is 4.79 Å². The van der Waals surface area contributed by atoms with Crippen molar-refractivity contribution in [3.63, 3.8) is 0 Å². The minimum absolute atomic E-state index is 0.0883. The maximum atomic E-state index is 12.2. The first-order chi connectivity index (χ1) is 7.81. The molecule has 0 aromatic carbocycles. The van der Waals surface area contributed by atoms with E-state index < -0.39 is 0 Å². The van der Waals surface area contributed by atoms with Gasteiger partial charge in [-0.3, -0.25) is 10.1 Å². The van der Waals surface area contributed by atoms with Crippen molar-refractivity contribution in [2.24, 2.45) is 5.92 Å². The van der Waals surface area contributed by atoms with Gasteiger partial charge < -0.3 is 4.90 Å². The van der Waals surface area contributed by atoms with Gasteiger partial charge in [0.25, 0.3) is 0 Å². The molecule has 1 N–H and O–H groups in total. The molecule has 2 atom stereocenters. The molecule has 16 heavy (non-hydrogen) atoms. The van der Waals surface area contributed by atoms with Crippen molar-refractivity contribution in [2.75, 3.05) is 24.7 Å². The second-order valence-corrected chi connectivity index (χ2v) is 5.88. The summed E-state index contributed by atoms with van der Waals surface area (Å²) in [6.45, 7) is 4.20. The number of hydrogen-bond donors (Lipinski definition) is 1. The quantitative estimate of drug-likeness (QED) is 0.817. The number of carbonyl (C=O) groups excluding carboxylic acids is 1. The molecule has 0 aromatic heterocycles. The van der Waals surface area contributed by atoms with Gasteiger partial charge in [0.05, 0.1) is 6.04 Å². The normalized spacial score (nSPS) is 30.7. The van der Waals surface area contributed by atoms with Crippen molar-refractivity contribution in [3.05, 3.63) is 0 Å². The lowest BCUT2D eigenvalue weighted by molar-refractivity contribution is -0.134. The molecule has 2 rings (SSSR count). The molecule has 0 aliphatic carbocycles. The molecule has 2 heterocycles. The van der Waals surface area contributed by atoms with Gasteiger partial charge in [-0.05, 0) is 25.2 Å². The van der Waals surface area contributed by atoms with Crippen molar-refractivity contribution in [1.29, 1.82) is 0 Å². The Morgan fingerprint density at radius 1 is 1.56 bits per heavy atom. The lowest BCUT2D eigenvalue weighted by Gasteiger charge is -2.34. The molecule has 2 fully saturated rings. The lowest BCUT2D eigenvalue weighted by Crippen LogP contribution is -2.48. The number of carbonyl (C=O) groups is 1. The van der Waals surface area contributed by atoms with Gasteiger partial charge in [0.15, 0.2) is 0 Å². The number of likely N-dealkylation sites (tertiary alicyclic amines) is 1. The Morgan fingerprint density at radius 3 is 3.12 bits per heavy atom. The fraction of sp³-hybridized carbons (Fsp3) is 0.917. The Labute approximate surface area is 102 Å². The average Bonchev–Trinajstić information content (AvgIpc) is 2.82. The maximum absolute atomic E-state index is 12.2. The third-order valence-corrected chi connectivity index (χ3v) is 4.48. The van der Waals surface area contributed by atoms with Crippen LogP contribution in [0.5, 0.6) is 0 Å². The Bertz CT molecular complexity index is 239. The highest BCUT2D eigenvalue weighted by molar-refractivity contribution is 7.99. The van der Waals surface area contributed by atoms with Crippen molar-refractivity contribution in [1.82, 2.24) is 10.2 Å². The molecular weight excluding hydrogens is 220 g/mol. The largest absolute Gasteiger partial charge is 0.341 e. The highest BCUT2D eigenvalue weighted by atomic mass is 32.2. The van der Waals surface area contributed by atoms with Crippen molar-refractivity contribution >= 4 is 17.7 Å². The summed E-state index contributed by atoms with van der Waals surface area (Å²) in [7, 11) is 0. The number of nitrogens with one attached hydrogen (secondary N) is 1. The van der Waals surface area contributed by atoms with E-state index in [1.54, 1.807) is 0 Å². The third kappa shape index (κ3) is 2.92. The first-order valence-electron chi connectivity index (χ1n) is 6.41. The molecule has 0 spiro atoms. The van der Waals surface area contributed by atoms with Crippen LogP contribution < -0.4 is 5.32 Å². The van der Waals surface area contributed by atoms with Gasteiger partial charge in [-0.1, -0.05) is 13.3 Å². The van der Waals surface area contributed by atoms with Crippen LogP contribution in [0.3, 0.4) is 0 Å². The van der Waals surface area contributed by atoms with Crippen LogP contribution in [0.25, 0.3) is 0 Å². The molecule has 0 bridgehead atoms. The molecule has 4 heteroatoms. The first kappa shape index (κ1) is 12.2. The van der Waals surface area contributed by atoms with E-state index in [1.165, 1.54) is 25.7 Å². The summed E-state index contributed by atoms with van der Waals surface area (Å²) in [6.07, 6.45) is 5.02. The summed E-state index contributed by atoms with van der Waals surface area (Å²) in [4.78, 5) is 14.3. The zero-order valence-corrected chi connectivity index (χ0v) is 10.9. The summed E-state index contributed by atoms with van der Waals surface area (Å²) in [5, 5.41) is 3.27. The van der Waals surface area contributed by atoms with Gasteiger partial charge in [0.1, 0.15) is 0 Å². The standard InChI is InChI=1S/C12H22N2OS/c1-2-4-10-5-3-6-14(7-10)12(15)11-8-16-9-13-11/h10-11,13H,2-9H2,1H3. The van der Waals surface area contributed by atoms with E-state index in [2.05, 4.69) is 17.1 Å². The van der Waals surface area contributed by atoms with Crippen molar-refractivity contribution < 1.29 is 4.79 Å². The van der Waals surface area contributed by atoms with Crippen molar-refractivity contribution in [2.45, 2.75) is 38.6 Å². The van der Waals surface area contributed by atoms with Crippen LogP contribution in [-0.2, 0) is 4.79 Å². The second kappa shape index (κ2) is 5.92. The lowest BCUT2D eigenvalue weighted by atomic mass is 9.93. The highest BCUT2D eigenvalue weighted by Crippen LogP contribution is 2.22. The predicted octanol–water partition coefficient (Wildman–Crippen LogP) is 1.69. The van der Waals surface area contributed by atoms with Gasteiger partial charge in [-0.15, -0.1) is 11.8 Å². The van der Waals surface area contributed by atoms with E-state index in [1.807, 2.05) is 11.8 Å². The van der Waals surface area contributed by atoms with E-state index in [4.69, 9.17) is 0 Å². The molecule has 1 amide bonds. The Morgan fingerprint density at radius 2 is 2.44 bits per heavy atom. The topological polar surface area (TPSA) is 32.3 Å². The Kier molecular flexibility index (Phi) is 4.53. The summed E-state index contributed by atoms with van der Waals surface area (Å²) in [6, 6.07) is 0.0883. The molecular formula is C12H22N2OS. The monoisotopic (exact) mass is 242 g/mol. The van der Waals surface area contributed by atoms with E-state index >= 15 is 0 Å². The van der Waals surface area contributed by atoms with Crippen LogP contribution in [0.4, 0.5) is 0 Å². The van der Waals surface area contributed by atoms with Crippen LogP contribution in [0, 0.1) is 5.92 Å². The van der Waals surface area contributed by atoms with Gasteiger partial charge in [0.2, 0.25) is 5.91 Å². The SMILES string of the molecule is CCCC1CCCN(C(=O)C2CSCN2)C1. The number of rotatable bonds is 3. The van der Waals surface area contributed by atoms with Crippen LogP contribution in [0.15, 0.2) is 0 Å². The average molecular weight is 242 g/mol. The molecule has 2 saturated heterocycles. The Balaban J connectivity index is 1.85. The van der Waals surface area contributed by atoms with Gasteiger partial charge in [0, 0.05) is 24.7 Å². The van der Waals surface area contributed by atoms with Gasteiger partial charge >= 0.3 is 0 Å². The zero-order chi connectivity index (χ0) is 11.4. The number of hydrogen-bond acceptors (Lipinski definition) is 3. The summed E-state index contributed by atoms with van der Waals surface area (Å²) < 4.78 is 0. The van der Waals surface area contributed by atoms with Crippen LogP contribution in [0.2, 0.25) is 0 Å². The molecule has 2 aliphatic rings. The second-order valence-electron chi connectivity index (χ2n) is 4.85. The zero-order valence-electron chi connectivity index (χ0n) is 10.1. The summed E-state index contributed by atoms with van der Waals surface area (Å²) in [5.41, 5.74) is 0. The molecule has 0 aromatic rings.